The zero-order valence-electron chi connectivity index (χ0n) is 18.1. The van der Waals surface area contributed by atoms with E-state index in [0.717, 1.165) is 28.6 Å². The first-order valence-corrected chi connectivity index (χ1v) is 11.0. The molecule has 0 bridgehead atoms. The Hall–Kier alpha value is -4.06. The average molecular weight is 452 g/mol. The number of terminal acetylenes is 1. The molecular weight excluding hydrogens is 430 g/mol. The molecule has 33 heavy (non-hydrogen) atoms. The molecule has 2 heterocycles. The number of aromatic nitrogens is 2. The van der Waals surface area contributed by atoms with Gasteiger partial charge in [-0.25, -0.2) is 0 Å². The fourth-order valence-electron chi connectivity index (χ4n) is 3.80. The highest BCUT2D eigenvalue weighted by Gasteiger charge is 2.18. The van der Waals surface area contributed by atoms with Crippen molar-refractivity contribution in [1.29, 1.82) is 5.26 Å². The number of pyridine rings is 2. The van der Waals surface area contributed by atoms with Crippen LogP contribution >= 0.6 is 11.6 Å². The third-order valence-electron chi connectivity index (χ3n) is 5.47. The molecule has 0 radical (unpaired) electrons. The van der Waals surface area contributed by atoms with E-state index in [1.807, 2.05) is 36.4 Å². The molecule has 162 valence electrons. The Balaban J connectivity index is 1.79. The van der Waals surface area contributed by atoms with E-state index in [1.165, 1.54) is 0 Å². The summed E-state index contributed by atoms with van der Waals surface area (Å²) >= 11 is 6.61. The van der Waals surface area contributed by atoms with Crippen molar-refractivity contribution in [2.24, 2.45) is 0 Å². The number of nitrogens with one attached hydrogen (secondary N) is 2. The number of benzene rings is 2. The highest BCUT2D eigenvalue weighted by molar-refractivity contribution is 6.35. The first-order valence-electron chi connectivity index (χ1n) is 10.6. The predicted octanol–water partition coefficient (Wildman–Crippen LogP) is 6.50. The van der Waals surface area contributed by atoms with Gasteiger partial charge >= 0.3 is 0 Å². The zero-order chi connectivity index (χ0) is 23.2. The number of hydrogen-bond acceptors (Lipinski definition) is 5. The van der Waals surface area contributed by atoms with Crippen LogP contribution in [-0.4, -0.2) is 9.97 Å². The van der Waals surface area contributed by atoms with Crippen molar-refractivity contribution < 1.29 is 0 Å². The molecular formula is C27H22ClN5. The van der Waals surface area contributed by atoms with Gasteiger partial charge in [0.25, 0.3) is 0 Å². The standard InChI is InChI=1S/C27H22ClN5/c1-3-24(18-9-6-5-7-10-18)33-26-20(15-29)17-31-27-22(26)13-21(14-23(27)28)32-25(4-2)19-11-8-12-30-16-19/h2,5-14,16-17,24-25,32H,3H2,1H3,(H,31,33)/t24-,25-/m1/s1. The fourth-order valence-corrected chi connectivity index (χ4v) is 4.07. The van der Waals surface area contributed by atoms with Crippen LogP contribution in [-0.2, 0) is 0 Å². The summed E-state index contributed by atoms with van der Waals surface area (Å²) in [5.74, 6) is 2.76. The van der Waals surface area contributed by atoms with Crippen LogP contribution < -0.4 is 10.6 Å². The van der Waals surface area contributed by atoms with Crippen LogP contribution in [0.1, 0.15) is 42.1 Å². The third kappa shape index (κ3) is 4.75. The maximum Gasteiger partial charge on any atom is 0.115 e. The number of nitrogens with zero attached hydrogens (tertiary/aromatic N) is 3. The van der Waals surface area contributed by atoms with Crippen molar-refractivity contribution in [2.45, 2.75) is 25.4 Å². The molecule has 2 atom stereocenters. The van der Waals surface area contributed by atoms with Crippen LogP contribution in [0.4, 0.5) is 11.4 Å². The van der Waals surface area contributed by atoms with Crippen LogP contribution in [0.2, 0.25) is 5.02 Å². The molecule has 4 rings (SSSR count). The Morgan fingerprint density at radius 1 is 1.06 bits per heavy atom. The topological polar surface area (TPSA) is 73.6 Å². The molecule has 0 fully saturated rings. The lowest BCUT2D eigenvalue weighted by Crippen LogP contribution is -2.12. The summed E-state index contributed by atoms with van der Waals surface area (Å²) in [7, 11) is 0. The summed E-state index contributed by atoms with van der Waals surface area (Å²) in [4.78, 5) is 8.60. The van der Waals surface area contributed by atoms with E-state index in [1.54, 1.807) is 24.7 Å². The second kappa shape index (κ2) is 10.0. The summed E-state index contributed by atoms with van der Waals surface area (Å²) in [6.07, 6.45) is 11.6. The van der Waals surface area contributed by atoms with Crippen molar-refractivity contribution >= 4 is 33.9 Å². The zero-order valence-corrected chi connectivity index (χ0v) is 18.8. The van der Waals surface area contributed by atoms with Crippen LogP contribution in [0.15, 0.2) is 73.2 Å². The third-order valence-corrected chi connectivity index (χ3v) is 5.76. The summed E-state index contributed by atoms with van der Waals surface area (Å²) in [5, 5.41) is 17.9. The minimum atomic E-state index is -0.386. The molecule has 0 unspecified atom stereocenters. The molecule has 0 spiro atoms. The predicted molar refractivity (Wildman–Crippen MR) is 134 cm³/mol. The van der Waals surface area contributed by atoms with Gasteiger partial charge in [-0.3, -0.25) is 9.97 Å². The van der Waals surface area contributed by atoms with Gasteiger partial charge in [0.15, 0.2) is 0 Å². The number of nitriles is 1. The SMILES string of the molecule is C#C[C@@H](Nc1cc(Cl)c2ncc(C#N)c(N[C@H](CC)c3ccccc3)c2c1)c1cccnc1. The van der Waals surface area contributed by atoms with Gasteiger partial charge in [-0.15, -0.1) is 6.42 Å². The lowest BCUT2D eigenvalue weighted by atomic mass is 10.0. The second-order valence-electron chi connectivity index (χ2n) is 7.56. The van der Waals surface area contributed by atoms with Gasteiger partial charge in [-0.05, 0) is 30.2 Å². The van der Waals surface area contributed by atoms with Gasteiger partial charge in [0.2, 0.25) is 0 Å². The summed E-state index contributed by atoms with van der Waals surface area (Å²) in [6, 6.07) is 19.5. The van der Waals surface area contributed by atoms with Gasteiger partial charge in [0.05, 0.1) is 27.8 Å². The van der Waals surface area contributed by atoms with Gasteiger partial charge < -0.3 is 10.6 Å². The molecule has 2 aromatic carbocycles. The normalized spacial score (nSPS) is 12.4. The Bertz CT molecular complexity index is 1340. The molecule has 0 saturated heterocycles. The van der Waals surface area contributed by atoms with E-state index in [-0.39, 0.29) is 12.1 Å². The number of hydrogen-bond donors (Lipinski definition) is 2. The maximum absolute atomic E-state index is 9.79. The minimum absolute atomic E-state index is 0.0214. The van der Waals surface area contributed by atoms with Crippen LogP contribution in [0.25, 0.3) is 10.9 Å². The van der Waals surface area contributed by atoms with Gasteiger partial charge in [0, 0.05) is 35.2 Å². The quantitative estimate of drug-likeness (QED) is 0.313. The lowest BCUT2D eigenvalue weighted by Gasteiger charge is -2.22. The minimum Gasteiger partial charge on any atom is -0.377 e. The van der Waals surface area contributed by atoms with Crippen LogP contribution in [0, 0.1) is 23.7 Å². The van der Waals surface area contributed by atoms with E-state index in [9.17, 15) is 5.26 Å². The highest BCUT2D eigenvalue weighted by Crippen LogP contribution is 2.36. The first-order chi connectivity index (χ1) is 16.1. The average Bonchev–Trinajstić information content (AvgIpc) is 2.86. The highest BCUT2D eigenvalue weighted by atomic mass is 35.5. The van der Waals surface area contributed by atoms with Crippen LogP contribution in [0.5, 0.6) is 0 Å². The Morgan fingerprint density at radius 3 is 2.52 bits per heavy atom. The van der Waals surface area contributed by atoms with Crippen molar-refractivity contribution in [3.8, 4) is 18.4 Å². The van der Waals surface area contributed by atoms with E-state index in [4.69, 9.17) is 18.0 Å². The molecule has 0 aliphatic heterocycles. The summed E-state index contributed by atoms with van der Waals surface area (Å²) < 4.78 is 0. The van der Waals surface area contributed by atoms with Crippen LogP contribution in [0.3, 0.4) is 0 Å². The number of rotatable bonds is 7. The largest absolute Gasteiger partial charge is 0.377 e. The molecule has 0 amide bonds. The molecule has 2 N–H and O–H groups in total. The van der Waals surface area contributed by atoms with E-state index >= 15 is 0 Å². The summed E-state index contributed by atoms with van der Waals surface area (Å²) in [6.45, 7) is 2.10. The number of halogens is 1. The molecule has 0 saturated carbocycles. The van der Waals surface area contributed by atoms with E-state index in [2.05, 4.69) is 51.6 Å². The molecule has 0 aliphatic carbocycles. The van der Waals surface area contributed by atoms with Crippen molar-refractivity contribution in [2.75, 3.05) is 10.6 Å². The Kier molecular flexibility index (Phi) is 6.74. The molecule has 2 aromatic heterocycles. The monoisotopic (exact) mass is 451 g/mol. The van der Waals surface area contributed by atoms with Gasteiger partial charge in [-0.2, -0.15) is 5.26 Å². The van der Waals surface area contributed by atoms with Gasteiger partial charge in [-0.1, -0.05) is 60.8 Å². The smallest absolute Gasteiger partial charge is 0.115 e. The molecule has 5 nitrogen and oxygen atoms in total. The van der Waals surface area contributed by atoms with Crippen molar-refractivity contribution in [3.05, 3.63) is 94.9 Å². The summed E-state index contributed by atoms with van der Waals surface area (Å²) in [5.41, 5.74) is 4.50. The van der Waals surface area contributed by atoms with Crippen molar-refractivity contribution in [1.82, 2.24) is 9.97 Å². The van der Waals surface area contributed by atoms with E-state index in [0.29, 0.717) is 21.8 Å². The van der Waals surface area contributed by atoms with Gasteiger partial charge in [0.1, 0.15) is 12.1 Å². The van der Waals surface area contributed by atoms with E-state index < -0.39 is 0 Å². The fraction of sp³-hybridized carbons (Fsp3) is 0.148. The lowest BCUT2D eigenvalue weighted by molar-refractivity contribution is 0.750. The Labute approximate surface area is 198 Å². The molecule has 0 aliphatic rings. The van der Waals surface area contributed by atoms with Crippen molar-refractivity contribution in [3.63, 3.8) is 0 Å². The Morgan fingerprint density at radius 2 is 1.85 bits per heavy atom. The number of fused-ring (bicyclic) bond motifs is 1. The maximum atomic E-state index is 9.79. The molecule has 6 heteroatoms. The molecule has 4 aromatic rings. The number of anilines is 2. The first kappa shape index (κ1) is 22.1. The second-order valence-corrected chi connectivity index (χ2v) is 7.97.